The summed E-state index contributed by atoms with van der Waals surface area (Å²) in [5.41, 5.74) is 0.945. The lowest BCUT2D eigenvalue weighted by molar-refractivity contribution is 0.437. The summed E-state index contributed by atoms with van der Waals surface area (Å²) in [4.78, 5) is 2.16. The fraction of sp³-hybridized carbons (Fsp3) is 0.438. The molecule has 0 unspecified atom stereocenters. The van der Waals surface area contributed by atoms with Crippen molar-refractivity contribution in [1.29, 1.82) is 0 Å². The Morgan fingerprint density at radius 2 is 1.88 bits per heavy atom. The molecule has 1 aromatic carbocycles. The molecule has 1 atom stereocenters. The van der Waals surface area contributed by atoms with Gasteiger partial charge in [0.05, 0.1) is 18.3 Å². The van der Waals surface area contributed by atoms with Crippen LogP contribution in [0.3, 0.4) is 0 Å². The summed E-state index contributed by atoms with van der Waals surface area (Å²) >= 11 is 0. The maximum Gasteiger partial charge on any atom is 0.250 e. The maximum absolute atomic E-state index is 4.38. The average molecular weight is 324 g/mol. The fourth-order valence-corrected chi connectivity index (χ4v) is 3.22. The smallest absolute Gasteiger partial charge is 0.250 e. The highest BCUT2D eigenvalue weighted by atomic mass is 15.6. The number of hydrogen-bond acceptors (Lipinski definition) is 6. The number of tetrazole rings is 1. The van der Waals surface area contributed by atoms with Crippen LogP contribution in [-0.4, -0.2) is 41.5 Å². The van der Waals surface area contributed by atoms with E-state index in [1.807, 2.05) is 30.3 Å². The number of fused-ring (bicyclic) bond motifs is 1. The number of hydrogen-bond donors (Lipinski definition) is 0. The summed E-state index contributed by atoms with van der Waals surface area (Å²) in [6.07, 6.45) is 0. The van der Waals surface area contributed by atoms with Crippen LogP contribution in [0.2, 0.25) is 0 Å². The van der Waals surface area contributed by atoms with E-state index in [-0.39, 0.29) is 6.04 Å². The van der Waals surface area contributed by atoms with Crippen LogP contribution in [0.25, 0.3) is 5.69 Å². The normalized spacial score (nSPS) is 17.3. The molecule has 1 aliphatic heterocycles. The van der Waals surface area contributed by atoms with Crippen molar-refractivity contribution in [2.75, 3.05) is 11.4 Å². The summed E-state index contributed by atoms with van der Waals surface area (Å²) < 4.78 is 4.01. The third-order valence-electron chi connectivity index (χ3n) is 4.30. The molecular formula is C16H20N8. The molecule has 2 aromatic heterocycles. The Bertz CT molecular complexity index is 835. The Morgan fingerprint density at radius 1 is 1.08 bits per heavy atom. The predicted molar refractivity (Wildman–Crippen MR) is 89.0 cm³/mol. The minimum absolute atomic E-state index is 0.266. The molecular weight excluding hydrogens is 304 g/mol. The van der Waals surface area contributed by atoms with Gasteiger partial charge >= 0.3 is 0 Å². The molecule has 1 aliphatic rings. The van der Waals surface area contributed by atoms with Gasteiger partial charge in [0.1, 0.15) is 5.82 Å². The van der Waals surface area contributed by atoms with E-state index in [1.165, 1.54) is 0 Å². The van der Waals surface area contributed by atoms with Gasteiger partial charge in [0, 0.05) is 12.5 Å². The van der Waals surface area contributed by atoms with Crippen molar-refractivity contribution in [1.82, 2.24) is 35.0 Å². The lowest BCUT2D eigenvalue weighted by Crippen LogP contribution is -2.38. The summed E-state index contributed by atoms with van der Waals surface area (Å²) in [7, 11) is 0. The molecule has 8 nitrogen and oxygen atoms in total. The van der Waals surface area contributed by atoms with E-state index in [1.54, 1.807) is 4.68 Å². The molecule has 0 bridgehead atoms. The van der Waals surface area contributed by atoms with Gasteiger partial charge in [-0.25, -0.2) is 0 Å². The molecule has 124 valence electrons. The van der Waals surface area contributed by atoms with Gasteiger partial charge in [-0.05, 0) is 29.5 Å². The van der Waals surface area contributed by atoms with Gasteiger partial charge in [-0.15, -0.1) is 10.2 Å². The van der Waals surface area contributed by atoms with E-state index < -0.39 is 0 Å². The zero-order chi connectivity index (χ0) is 16.7. The van der Waals surface area contributed by atoms with Gasteiger partial charge in [0.2, 0.25) is 0 Å². The zero-order valence-corrected chi connectivity index (χ0v) is 14.0. The van der Waals surface area contributed by atoms with Gasteiger partial charge in [-0.3, -0.25) is 0 Å². The molecule has 0 saturated carbocycles. The Kier molecular flexibility index (Phi) is 3.51. The highest BCUT2D eigenvalue weighted by Gasteiger charge is 2.30. The van der Waals surface area contributed by atoms with Crippen molar-refractivity contribution < 1.29 is 0 Å². The second-order valence-electron chi connectivity index (χ2n) is 6.45. The van der Waals surface area contributed by atoms with E-state index in [0.29, 0.717) is 12.5 Å². The Balaban J connectivity index is 1.69. The van der Waals surface area contributed by atoms with Gasteiger partial charge in [-0.1, -0.05) is 37.1 Å². The van der Waals surface area contributed by atoms with Crippen LogP contribution in [0.5, 0.6) is 0 Å². The number of rotatable bonds is 3. The highest BCUT2D eigenvalue weighted by molar-refractivity contribution is 5.41. The molecule has 0 radical (unpaired) electrons. The lowest BCUT2D eigenvalue weighted by atomic mass is 10.1. The van der Waals surface area contributed by atoms with Crippen LogP contribution < -0.4 is 4.90 Å². The molecule has 8 heteroatoms. The molecule has 0 N–H and O–H groups in total. The van der Waals surface area contributed by atoms with E-state index >= 15 is 0 Å². The first-order valence-electron chi connectivity index (χ1n) is 8.17. The van der Waals surface area contributed by atoms with Crippen LogP contribution in [0.4, 0.5) is 5.95 Å². The molecule has 3 heterocycles. The molecule has 4 rings (SSSR count). The SMILES string of the molecule is CC(C)c1nnc2n1[C@@H](C)CN(c1nnnn1-c1ccccc1)C2. The van der Waals surface area contributed by atoms with Crippen molar-refractivity contribution in [3.8, 4) is 5.69 Å². The largest absolute Gasteiger partial charge is 0.330 e. The summed E-state index contributed by atoms with van der Waals surface area (Å²) in [5.74, 6) is 3.09. The monoisotopic (exact) mass is 324 g/mol. The standard InChI is InChI=1S/C16H20N8/c1-11(2)15-18-17-14-10-22(9-12(3)23(14)15)16-19-20-21-24(16)13-7-5-4-6-8-13/h4-8,11-12H,9-10H2,1-3H3/t12-/m0/s1. The van der Waals surface area contributed by atoms with E-state index in [2.05, 4.69) is 56.0 Å². The van der Waals surface area contributed by atoms with Gasteiger partial charge < -0.3 is 9.47 Å². The third kappa shape index (κ3) is 2.34. The number of anilines is 1. The molecule has 0 amide bonds. The van der Waals surface area contributed by atoms with Gasteiger partial charge in [-0.2, -0.15) is 4.68 Å². The molecule has 0 fully saturated rings. The van der Waals surface area contributed by atoms with Crippen molar-refractivity contribution in [3.63, 3.8) is 0 Å². The maximum atomic E-state index is 4.38. The first kappa shape index (κ1) is 14.8. The van der Waals surface area contributed by atoms with E-state index in [0.717, 1.165) is 29.8 Å². The number of nitrogens with zero attached hydrogens (tertiary/aromatic N) is 8. The van der Waals surface area contributed by atoms with Crippen LogP contribution >= 0.6 is 0 Å². The quantitative estimate of drug-likeness (QED) is 0.733. The second-order valence-corrected chi connectivity index (χ2v) is 6.45. The zero-order valence-electron chi connectivity index (χ0n) is 14.0. The van der Waals surface area contributed by atoms with Crippen LogP contribution in [-0.2, 0) is 6.54 Å². The number of benzene rings is 1. The topological polar surface area (TPSA) is 77.6 Å². The molecule has 0 spiro atoms. The Hall–Kier alpha value is -2.77. The predicted octanol–water partition coefficient (Wildman–Crippen LogP) is 1.96. The van der Waals surface area contributed by atoms with Crippen molar-refractivity contribution in [2.45, 2.75) is 39.3 Å². The van der Waals surface area contributed by atoms with Crippen molar-refractivity contribution >= 4 is 5.95 Å². The van der Waals surface area contributed by atoms with Crippen LogP contribution in [0, 0.1) is 0 Å². The van der Waals surface area contributed by atoms with Crippen molar-refractivity contribution in [2.24, 2.45) is 0 Å². The third-order valence-corrected chi connectivity index (χ3v) is 4.30. The van der Waals surface area contributed by atoms with Gasteiger partial charge in [0.25, 0.3) is 5.95 Å². The highest BCUT2D eigenvalue weighted by Crippen LogP contribution is 2.28. The van der Waals surface area contributed by atoms with Crippen molar-refractivity contribution in [3.05, 3.63) is 42.0 Å². The summed E-state index contributed by atoms with van der Waals surface area (Å²) in [6.45, 7) is 7.94. The van der Waals surface area contributed by atoms with Gasteiger partial charge in [0.15, 0.2) is 5.82 Å². The first-order chi connectivity index (χ1) is 11.6. The Labute approximate surface area is 140 Å². The average Bonchev–Trinajstić information content (AvgIpc) is 3.22. The van der Waals surface area contributed by atoms with Crippen LogP contribution in [0.15, 0.2) is 30.3 Å². The second kappa shape index (κ2) is 5.70. The van der Waals surface area contributed by atoms with E-state index in [9.17, 15) is 0 Å². The van der Waals surface area contributed by atoms with Crippen LogP contribution in [0.1, 0.15) is 44.4 Å². The fourth-order valence-electron chi connectivity index (χ4n) is 3.22. The molecule has 0 saturated heterocycles. The molecule has 3 aromatic rings. The van der Waals surface area contributed by atoms with E-state index in [4.69, 9.17) is 0 Å². The summed E-state index contributed by atoms with van der Waals surface area (Å²) in [5, 5.41) is 21.0. The minimum atomic E-state index is 0.266. The molecule has 24 heavy (non-hydrogen) atoms. The Morgan fingerprint density at radius 3 is 2.62 bits per heavy atom. The molecule has 0 aliphatic carbocycles. The first-order valence-corrected chi connectivity index (χ1v) is 8.17. The number of para-hydroxylation sites is 1. The lowest BCUT2D eigenvalue weighted by Gasteiger charge is -2.33. The summed E-state index contributed by atoms with van der Waals surface area (Å²) in [6, 6.07) is 10.2. The number of aromatic nitrogens is 7. The minimum Gasteiger partial charge on any atom is -0.330 e.